The Morgan fingerprint density at radius 1 is 0.397 bits per heavy atom. The second-order valence-electron chi connectivity index (χ2n) is 17.7. The number of hydrogen-bond donors (Lipinski definition) is 1. The van der Waals surface area contributed by atoms with Gasteiger partial charge >= 0.3 is 0 Å². The minimum atomic E-state index is -0.460. The maximum atomic E-state index is 5.63. The second-order valence-corrected chi connectivity index (χ2v) is 20.9. The summed E-state index contributed by atoms with van der Waals surface area (Å²) in [5, 5.41) is 16.4. The average Bonchev–Trinajstić information content (AvgIpc) is 4.16. The van der Waals surface area contributed by atoms with Gasteiger partial charge in [-0.2, -0.15) is 0 Å². The Bertz CT molecular complexity index is 4500. The molecule has 0 amide bonds. The van der Waals surface area contributed by atoms with Crippen LogP contribution >= 0.6 is 34.0 Å². The molecule has 0 spiro atoms. The topological polar surface area (TPSA) is 41.7 Å². The molecule has 0 fully saturated rings. The summed E-state index contributed by atoms with van der Waals surface area (Å²) in [6.45, 7) is 0. The molecule has 5 heterocycles. The summed E-state index contributed by atoms with van der Waals surface area (Å²) < 4.78 is 10.1. The largest absolute Gasteiger partial charge is 0.344 e. The third-order valence-corrected chi connectivity index (χ3v) is 17.4. The van der Waals surface area contributed by atoms with Crippen molar-refractivity contribution >= 4 is 139 Å². The zero-order valence-electron chi connectivity index (χ0n) is 36.3. The zero-order chi connectivity index (χ0) is 44.5. The van der Waals surface area contributed by atoms with E-state index in [4.69, 9.17) is 9.98 Å². The monoisotopic (exact) mass is 920 g/mol. The Hall–Kier alpha value is -7.94. The number of hydrogen-bond acceptors (Lipinski definition) is 6. The van der Waals surface area contributed by atoms with Gasteiger partial charge in [0, 0.05) is 99.2 Å². The molecule has 0 bridgehead atoms. The maximum Gasteiger partial charge on any atom is 0.159 e. The van der Waals surface area contributed by atoms with E-state index in [9.17, 15) is 0 Å². The molecule has 318 valence electrons. The molecule has 1 atom stereocenters. The number of aromatic nitrogens is 1. The van der Waals surface area contributed by atoms with Gasteiger partial charge in [0.15, 0.2) is 5.84 Å². The molecule has 0 saturated carbocycles. The lowest BCUT2D eigenvalue weighted by Gasteiger charge is -2.26. The van der Waals surface area contributed by atoms with E-state index < -0.39 is 6.17 Å². The maximum absolute atomic E-state index is 5.63. The molecule has 14 aromatic rings. The molecular weight excluding hydrogens is 885 g/mol. The van der Waals surface area contributed by atoms with Crippen LogP contribution in [0.5, 0.6) is 0 Å². The molecule has 1 unspecified atom stereocenters. The van der Waals surface area contributed by atoms with E-state index >= 15 is 0 Å². The van der Waals surface area contributed by atoms with Gasteiger partial charge in [0.25, 0.3) is 0 Å². The number of thiophene rings is 3. The first-order chi connectivity index (χ1) is 33.7. The lowest BCUT2D eigenvalue weighted by atomic mass is 9.95. The Balaban J connectivity index is 0.980. The van der Waals surface area contributed by atoms with Crippen LogP contribution in [0.3, 0.4) is 0 Å². The van der Waals surface area contributed by atoms with Gasteiger partial charge in [0.05, 0.1) is 11.0 Å². The van der Waals surface area contributed by atoms with E-state index in [0.717, 1.165) is 33.8 Å². The van der Waals surface area contributed by atoms with Crippen molar-refractivity contribution < 1.29 is 0 Å². The first kappa shape index (κ1) is 38.2. The van der Waals surface area contributed by atoms with Crippen LogP contribution in [0.25, 0.3) is 110 Å². The van der Waals surface area contributed by atoms with Crippen molar-refractivity contribution in [3.63, 3.8) is 0 Å². The number of nitrogens with zero attached hydrogens (tertiary/aromatic N) is 3. The van der Waals surface area contributed by atoms with Crippen molar-refractivity contribution in [2.45, 2.75) is 6.17 Å². The van der Waals surface area contributed by atoms with Gasteiger partial charge in [-0.05, 0) is 101 Å². The smallest absolute Gasteiger partial charge is 0.159 e. The Labute approximate surface area is 402 Å². The van der Waals surface area contributed by atoms with E-state index in [2.05, 4.69) is 216 Å². The third kappa shape index (κ3) is 5.83. The first-order valence-corrected chi connectivity index (χ1v) is 25.4. The quantitative estimate of drug-likeness (QED) is 0.184. The highest BCUT2D eigenvalue weighted by Crippen LogP contribution is 2.45. The molecule has 0 radical (unpaired) electrons. The van der Waals surface area contributed by atoms with Crippen LogP contribution in [0.15, 0.2) is 216 Å². The SMILES string of the molecule is c1ccc2cc3c(cc2c1)c1ccccc1n3-c1ccc(C2N=C(c3ccc4sc5ccccc5c4c3)N=C(c3ccc4sc5ccccc5c4c3)N2)c(-c2cccc3c2sc2ccccc23)c1. The van der Waals surface area contributed by atoms with Gasteiger partial charge in [-0.1, -0.05) is 121 Å². The van der Waals surface area contributed by atoms with Crippen LogP contribution in [-0.4, -0.2) is 16.2 Å². The highest BCUT2D eigenvalue weighted by Gasteiger charge is 2.27. The van der Waals surface area contributed by atoms with Crippen LogP contribution in [0, 0.1) is 0 Å². The number of nitrogens with one attached hydrogen (secondary N) is 1. The summed E-state index contributed by atoms with van der Waals surface area (Å²) in [6.07, 6.45) is -0.460. The molecule has 1 N–H and O–H groups in total. The molecule has 4 aromatic heterocycles. The molecule has 68 heavy (non-hydrogen) atoms. The fraction of sp³-hybridized carbons (Fsp3) is 0.0164. The van der Waals surface area contributed by atoms with E-state index in [1.54, 1.807) is 0 Å². The number of benzene rings is 10. The van der Waals surface area contributed by atoms with Crippen molar-refractivity contribution in [3.8, 4) is 16.8 Å². The van der Waals surface area contributed by atoms with Crippen LogP contribution in [0.2, 0.25) is 0 Å². The number of amidine groups is 2. The fourth-order valence-electron chi connectivity index (χ4n) is 10.7. The Morgan fingerprint density at radius 2 is 0.985 bits per heavy atom. The standard InChI is InChI=1S/C61H36N4S3/c1-2-13-36-33-52-48(30-35(36)12-1)40-14-3-7-20-51(40)65(52)39-26-27-46(47(34-39)45-19-11-18-44-41-15-4-10-23-55(41)68-58(44)45)61-63-59(37-24-28-56-49(31-37)42-16-5-8-21-53(42)66-56)62-60(64-61)38-25-29-57-50(32-38)43-17-6-9-22-54(43)67-57/h1-34,61H,(H,62,63,64). The van der Waals surface area contributed by atoms with Gasteiger partial charge in [0.2, 0.25) is 0 Å². The van der Waals surface area contributed by atoms with Crippen LogP contribution in [0.4, 0.5) is 0 Å². The van der Waals surface area contributed by atoms with Gasteiger partial charge in [-0.15, -0.1) is 34.0 Å². The normalized spacial score (nSPS) is 14.3. The molecule has 10 aromatic carbocycles. The second kappa shape index (κ2) is 14.8. The molecule has 7 heteroatoms. The summed E-state index contributed by atoms with van der Waals surface area (Å²) in [7, 11) is 0. The lowest BCUT2D eigenvalue weighted by Crippen LogP contribution is -2.33. The summed E-state index contributed by atoms with van der Waals surface area (Å²) in [5.41, 5.74) is 8.88. The van der Waals surface area contributed by atoms with E-state index in [-0.39, 0.29) is 0 Å². The summed E-state index contributed by atoms with van der Waals surface area (Å²) in [5.74, 6) is 1.51. The molecule has 15 rings (SSSR count). The predicted octanol–water partition coefficient (Wildman–Crippen LogP) is 17.2. The number of para-hydroxylation sites is 1. The molecule has 1 aliphatic heterocycles. The molecule has 0 saturated heterocycles. The molecule has 4 nitrogen and oxygen atoms in total. The van der Waals surface area contributed by atoms with Crippen molar-refractivity contribution in [3.05, 3.63) is 223 Å². The van der Waals surface area contributed by atoms with Crippen molar-refractivity contribution in [2.75, 3.05) is 0 Å². The fourth-order valence-corrected chi connectivity index (χ4v) is 14.1. The predicted molar refractivity (Wildman–Crippen MR) is 294 cm³/mol. The number of fused-ring (bicyclic) bond motifs is 13. The van der Waals surface area contributed by atoms with E-state index in [0.29, 0.717) is 5.84 Å². The van der Waals surface area contributed by atoms with Gasteiger partial charge in [0.1, 0.15) is 12.0 Å². The van der Waals surface area contributed by atoms with Crippen molar-refractivity contribution in [2.24, 2.45) is 9.98 Å². The Kier molecular flexibility index (Phi) is 8.30. The van der Waals surface area contributed by atoms with Gasteiger partial charge < -0.3 is 9.88 Å². The van der Waals surface area contributed by atoms with Crippen molar-refractivity contribution in [1.82, 2.24) is 9.88 Å². The van der Waals surface area contributed by atoms with E-state index in [1.165, 1.54) is 98.7 Å². The lowest BCUT2D eigenvalue weighted by molar-refractivity contribution is 0.676. The first-order valence-electron chi connectivity index (χ1n) is 22.9. The molecule has 0 aliphatic carbocycles. The van der Waals surface area contributed by atoms with Crippen LogP contribution in [0.1, 0.15) is 22.9 Å². The van der Waals surface area contributed by atoms with Gasteiger partial charge in [-0.3, -0.25) is 0 Å². The van der Waals surface area contributed by atoms with Crippen LogP contribution < -0.4 is 5.32 Å². The third-order valence-electron chi connectivity index (χ3n) is 13.9. The highest BCUT2D eigenvalue weighted by atomic mass is 32.1. The summed E-state index contributed by atoms with van der Waals surface area (Å²) in [6, 6.07) is 75.7. The number of aliphatic imine (C=N–C) groups is 2. The molecule has 1 aliphatic rings. The van der Waals surface area contributed by atoms with E-state index in [1.807, 2.05) is 34.0 Å². The minimum Gasteiger partial charge on any atom is -0.344 e. The highest BCUT2D eigenvalue weighted by molar-refractivity contribution is 7.26. The Morgan fingerprint density at radius 3 is 1.74 bits per heavy atom. The van der Waals surface area contributed by atoms with Crippen molar-refractivity contribution in [1.29, 1.82) is 0 Å². The average molecular weight is 921 g/mol. The molecular formula is C61H36N4S3. The van der Waals surface area contributed by atoms with Crippen LogP contribution in [-0.2, 0) is 0 Å². The number of rotatable bonds is 5. The van der Waals surface area contributed by atoms with Gasteiger partial charge in [-0.25, -0.2) is 9.98 Å². The summed E-state index contributed by atoms with van der Waals surface area (Å²) in [4.78, 5) is 11.1. The zero-order valence-corrected chi connectivity index (χ0v) is 38.7. The summed E-state index contributed by atoms with van der Waals surface area (Å²) >= 11 is 5.53. The minimum absolute atomic E-state index is 0.460.